The minimum Gasteiger partial charge on any atom is -0.311 e. The van der Waals surface area contributed by atoms with Crippen LogP contribution in [0.5, 0.6) is 0 Å². The van der Waals surface area contributed by atoms with Gasteiger partial charge in [0.15, 0.2) is 0 Å². The molecule has 4 heteroatoms. The summed E-state index contributed by atoms with van der Waals surface area (Å²) in [4.78, 5) is 4.11. The maximum Gasteiger partial charge on any atom is 0.0311 e. The first-order chi connectivity index (χ1) is 8.75. The van der Waals surface area contributed by atoms with Crippen LogP contribution in [0.15, 0.2) is 45.8 Å². The van der Waals surface area contributed by atoms with E-state index in [1.165, 1.54) is 19.1 Å². The fraction of sp³-hybridized carbons (Fsp3) is 0.286. The van der Waals surface area contributed by atoms with Gasteiger partial charge in [-0.05, 0) is 47.1 Å². The molecule has 96 valence electrons. The Labute approximate surface area is 125 Å². The van der Waals surface area contributed by atoms with Gasteiger partial charge < -0.3 is 5.32 Å². The first kappa shape index (κ1) is 14.1. The Kier molecular flexibility index (Phi) is 5.76. The van der Waals surface area contributed by atoms with Crippen molar-refractivity contribution in [2.24, 2.45) is 0 Å². The normalized spacial score (nSPS) is 10.8. The van der Waals surface area contributed by atoms with Crippen LogP contribution in [-0.4, -0.2) is 12.3 Å². The monoisotopic (exact) mass is 341 g/mol. The molecule has 1 nitrogen and oxygen atoms in total. The summed E-state index contributed by atoms with van der Waals surface area (Å²) in [7, 11) is 0. The fourth-order valence-corrected chi connectivity index (χ4v) is 3.92. The molecule has 18 heavy (non-hydrogen) atoms. The molecule has 0 saturated carbocycles. The smallest absolute Gasteiger partial charge is 0.0311 e. The van der Waals surface area contributed by atoms with Gasteiger partial charge in [-0.3, -0.25) is 0 Å². The molecule has 0 amide bonds. The van der Waals surface area contributed by atoms with E-state index in [-0.39, 0.29) is 0 Å². The largest absolute Gasteiger partial charge is 0.311 e. The highest BCUT2D eigenvalue weighted by Crippen LogP contribution is 2.26. The molecule has 0 spiro atoms. The SMILES string of the molecule is Cc1ccc(CNCCSc2ccccc2Br)s1. The van der Waals surface area contributed by atoms with Crippen molar-refractivity contribution >= 4 is 39.0 Å². The molecule has 1 aromatic carbocycles. The molecule has 0 atom stereocenters. The number of hydrogen-bond donors (Lipinski definition) is 1. The molecule has 0 aliphatic rings. The molecule has 0 fully saturated rings. The Balaban J connectivity index is 1.66. The molecule has 1 heterocycles. The Morgan fingerprint density at radius 1 is 1.22 bits per heavy atom. The maximum atomic E-state index is 3.57. The number of benzene rings is 1. The third kappa shape index (κ3) is 4.43. The van der Waals surface area contributed by atoms with Crippen LogP contribution in [0.1, 0.15) is 9.75 Å². The van der Waals surface area contributed by atoms with Gasteiger partial charge in [-0.25, -0.2) is 0 Å². The lowest BCUT2D eigenvalue weighted by Gasteiger charge is -2.05. The summed E-state index contributed by atoms with van der Waals surface area (Å²) >= 11 is 7.31. The third-order valence-electron chi connectivity index (χ3n) is 2.47. The topological polar surface area (TPSA) is 12.0 Å². The van der Waals surface area contributed by atoms with Crippen molar-refractivity contribution < 1.29 is 0 Å². The van der Waals surface area contributed by atoms with E-state index in [4.69, 9.17) is 0 Å². The summed E-state index contributed by atoms with van der Waals surface area (Å²) in [5.74, 6) is 1.09. The van der Waals surface area contributed by atoms with E-state index in [0.717, 1.165) is 18.8 Å². The van der Waals surface area contributed by atoms with Gasteiger partial charge in [-0.2, -0.15) is 0 Å². The second-order valence-corrected chi connectivity index (χ2v) is 7.33. The highest BCUT2D eigenvalue weighted by atomic mass is 79.9. The molecule has 0 unspecified atom stereocenters. The first-order valence-electron chi connectivity index (χ1n) is 5.89. The van der Waals surface area contributed by atoms with Gasteiger partial charge in [0.25, 0.3) is 0 Å². The zero-order chi connectivity index (χ0) is 12.8. The molecular formula is C14H16BrNS2. The highest BCUT2D eigenvalue weighted by Gasteiger charge is 1.99. The lowest BCUT2D eigenvalue weighted by molar-refractivity contribution is 0.741. The van der Waals surface area contributed by atoms with E-state index in [0.29, 0.717) is 0 Å². The van der Waals surface area contributed by atoms with Gasteiger partial charge in [0.2, 0.25) is 0 Å². The van der Waals surface area contributed by atoms with Crippen LogP contribution in [0, 0.1) is 6.92 Å². The first-order valence-corrected chi connectivity index (χ1v) is 8.48. The van der Waals surface area contributed by atoms with Crippen molar-refractivity contribution in [2.45, 2.75) is 18.4 Å². The predicted molar refractivity (Wildman–Crippen MR) is 85.6 cm³/mol. The molecule has 0 bridgehead atoms. The van der Waals surface area contributed by atoms with E-state index in [1.807, 2.05) is 29.2 Å². The number of nitrogens with one attached hydrogen (secondary N) is 1. The van der Waals surface area contributed by atoms with Gasteiger partial charge in [-0.15, -0.1) is 23.1 Å². The summed E-state index contributed by atoms with van der Waals surface area (Å²) in [6, 6.07) is 12.7. The highest BCUT2D eigenvalue weighted by molar-refractivity contribution is 9.10. The van der Waals surface area contributed by atoms with Crippen LogP contribution in [-0.2, 0) is 6.54 Å². The number of aryl methyl sites for hydroxylation is 1. The molecule has 1 aromatic heterocycles. The predicted octanol–water partition coefficient (Wildman–Crippen LogP) is 4.70. The van der Waals surface area contributed by atoms with E-state index in [2.05, 4.69) is 58.5 Å². The van der Waals surface area contributed by atoms with Crippen molar-refractivity contribution in [2.75, 3.05) is 12.3 Å². The third-order valence-corrected chi connectivity index (χ3v) is 5.50. The van der Waals surface area contributed by atoms with Crippen molar-refractivity contribution in [1.82, 2.24) is 5.32 Å². The van der Waals surface area contributed by atoms with Crippen LogP contribution < -0.4 is 5.32 Å². The number of rotatable bonds is 6. The lowest BCUT2D eigenvalue weighted by Crippen LogP contribution is -2.15. The standard InChI is InChI=1S/C14H16BrNS2/c1-11-6-7-12(18-11)10-16-8-9-17-14-5-3-2-4-13(14)15/h2-7,16H,8-10H2,1H3. The molecule has 0 aliphatic heterocycles. The molecular weight excluding hydrogens is 326 g/mol. The van der Waals surface area contributed by atoms with Gasteiger partial charge >= 0.3 is 0 Å². The van der Waals surface area contributed by atoms with Gasteiger partial charge in [0.05, 0.1) is 0 Å². The zero-order valence-corrected chi connectivity index (χ0v) is 13.5. The Morgan fingerprint density at radius 3 is 2.78 bits per heavy atom. The summed E-state index contributed by atoms with van der Waals surface area (Å²) in [6.07, 6.45) is 0. The quantitative estimate of drug-likeness (QED) is 0.603. The van der Waals surface area contributed by atoms with Crippen LogP contribution in [0.25, 0.3) is 0 Å². The van der Waals surface area contributed by atoms with Crippen LogP contribution in [0.2, 0.25) is 0 Å². The maximum absolute atomic E-state index is 3.57. The second kappa shape index (κ2) is 7.34. The molecule has 0 aliphatic carbocycles. The Bertz CT molecular complexity index is 496. The van der Waals surface area contributed by atoms with Crippen LogP contribution >= 0.6 is 39.0 Å². The fourth-order valence-electron chi connectivity index (χ4n) is 1.59. The van der Waals surface area contributed by atoms with E-state index >= 15 is 0 Å². The average Bonchev–Trinajstić information content (AvgIpc) is 2.77. The van der Waals surface area contributed by atoms with Crippen molar-refractivity contribution in [1.29, 1.82) is 0 Å². The van der Waals surface area contributed by atoms with Crippen molar-refractivity contribution in [3.63, 3.8) is 0 Å². The molecule has 0 radical (unpaired) electrons. The lowest BCUT2D eigenvalue weighted by atomic mass is 10.4. The molecule has 0 saturated heterocycles. The van der Waals surface area contributed by atoms with Gasteiger partial charge in [0, 0.05) is 38.0 Å². The van der Waals surface area contributed by atoms with Crippen LogP contribution in [0.3, 0.4) is 0 Å². The Hall–Kier alpha value is -0.290. The summed E-state index contributed by atoms with van der Waals surface area (Å²) in [6.45, 7) is 4.16. The summed E-state index contributed by atoms with van der Waals surface area (Å²) in [5.41, 5.74) is 0. The number of hydrogen-bond acceptors (Lipinski definition) is 3. The minimum absolute atomic E-state index is 0.981. The molecule has 1 N–H and O–H groups in total. The molecule has 2 rings (SSSR count). The number of thiophene rings is 1. The van der Waals surface area contributed by atoms with E-state index in [9.17, 15) is 0 Å². The minimum atomic E-state index is 0.981. The average molecular weight is 342 g/mol. The summed E-state index contributed by atoms with van der Waals surface area (Å²) in [5, 5.41) is 3.48. The number of halogens is 1. The van der Waals surface area contributed by atoms with Crippen molar-refractivity contribution in [3.05, 3.63) is 50.6 Å². The number of thioether (sulfide) groups is 1. The Morgan fingerprint density at radius 2 is 2.06 bits per heavy atom. The van der Waals surface area contributed by atoms with Crippen LogP contribution in [0.4, 0.5) is 0 Å². The second-order valence-electron chi connectivity index (χ2n) is 3.97. The van der Waals surface area contributed by atoms with Crippen molar-refractivity contribution in [3.8, 4) is 0 Å². The molecule has 2 aromatic rings. The zero-order valence-electron chi connectivity index (χ0n) is 10.3. The summed E-state index contributed by atoms with van der Waals surface area (Å²) < 4.78 is 1.18. The van der Waals surface area contributed by atoms with Gasteiger partial charge in [-0.1, -0.05) is 12.1 Å². The van der Waals surface area contributed by atoms with E-state index < -0.39 is 0 Å². The van der Waals surface area contributed by atoms with Gasteiger partial charge in [0.1, 0.15) is 0 Å². The van der Waals surface area contributed by atoms with E-state index in [1.54, 1.807) is 0 Å².